The fourth-order valence-electron chi connectivity index (χ4n) is 3.00. The van der Waals surface area contributed by atoms with Gasteiger partial charge in [0.1, 0.15) is 6.04 Å². The number of amides is 2. The van der Waals surface area contributed by atoms with E-state index in [2.05, 4.69) is 0 Å². The molecule has 124 valence electrons. The summed E-state index contributed by atoms with van der Waals surface area (Å²) in [7, 11) is 0. The lowest BCUT2D eigenvalue weighted by Gasteiger charge is -2.39. The largest absolute Gasteiger partial charge is 0.325 e. The first-order chi connectivity index (χ1) is 11.5. The molecule has 3 rings (SSSR count). The SMILES string of the molecule is Cc1cccc(C(=O)N2CCN(c3ccccc3Cl)C(=O)C2C)c1. The van der Waals surface area contributed by atoms with E-state index in [9.17, 15) is 9.59 Å². The summed E-state index contributed by atoms with van der Waals surface area (Å²) in [6, 6.07) is 14.2. The van der Waals surface area contributed by atoms with Crippen LogP contribution in [0.5, 0.6) is 0 Å². The highest BCUT2D eigenvalue weighted by Gasteiger charge is 2.35. The van der Waals surface area contributed by atoms with Crippen LogP contribution in [0, 0.1) is 6.92 Å². The fraction of sp³-hybridized carbons (Fsp3) is 0.263. The number of aryl methyl sites for hydroxylation is 1. The molecule has 24 heavy (non-hydrogen) atoms. The maximum atomic E-state index is 12.8. The minimum Gasteiger partial charge on any atom is -0.325 e. The van der Waals surface area contributed by atoms with E-state index in [1.165, 1.54) is 0 Å². The van der Waals surface area contributed by atoms with Gasteiger partial charge in [0.25, 0.3) is 5.91 Å². The molecule has 0 spiro atoms. The molecule has 0 N–H and O–H groups in total. The van der Waals surface area contributed by atoms with E-state index in [0.29, 0.717) is 29.4 Å². The first-order valence-electron chi connectivity index (χ1n) is 7.92. The Labute approximate surface area is 146 Å². The Bertz CT molecular complexity index is 790. The van der Waals surface area contributed by atoms with Gasteiger partial charge in [-0.15, -0.1) is 0 Å². The van der Waals surface area contributed by atoms with Crippen LogP contribution in [-0.2, 0) is 4.79 Å². The van der Waals surface area contributed by atoms with E-state index in [-0.39, 0.29) is 11.8 Å². The zero-order valence-corrected chi connectivity index (χ0v) is 14.5. The number of anilines is 1. The zero-order chi connectivity index (χ0) is 17.3. The van der Waals surface area contributed by atoms with Gasteiger partial charge in [-0.05, 0) is 38.1 Å². The standard InChI is InChI=1S/C19H19ClN2O2/c1-13-6-5-7-15(12-13)19(24)21-10-11-22(18(23)14(21)2)17-9-4-3-8-16(17)20/h3-9,12,14H,10-11H2,1-2H3. The van der Waals surface area contributed by atoms with E-state index in [1.807, 2.05) is 43.3 Å². The number of benzene rings is 2. The van der Waals surface area contributed by atoms with Gasteiger partial charge in [-0.2, -0.15) is 0 Å². The quantitative estimate of drug-likeness (QED) is 0.837. The number of hydrogen-bond donors (Lipinski definition) is 0. The average Bonchev–Trinajstić information content (AvgIpc) is 2.57. The molecule has 2 amide bonds. The maximum absolute atomic E-state index is 12.8. The van der Waals surface area contributed by atoms with Gasteiger partial charge >= 0.3 is 0 Å². The van der Waals surface area contributed by atoms with Gasteiger partial charge in [-0.1, -0.05) is 41.4 Å². The third-order valence-electron chi connectivity index (χ3n) is 4.32. The Balaban J connectivity index is 1.83. The molecule has 5 heteroatoms. The highest BCUT2D eigenvalue weighted by molar-refractivity contribution is 6.33. The second-order valence-electron chi connectivity index (χ2n) is 5.99. The number of piperazine rings is 1. The first-order valence-corrected chi connectivity index (χ1v) is 8.30. The predicted molar refractivity (Wildman–Crippen MR) is 95.5 cm³/mol. The summed E-state index contributed by atoms with van der Waals surface area (Å²) in [6.45, 7) is 4.62. The summed E-state index contributed by atoms with van der Waals surface area (Å²) in [6.07, 6.45) is 0. The van der Waals surface area contributed by atoms with Gasteiger partial charge in [0.2, 0.25) is 5.91 Å². The van der Waals surface area contributed by atoms with Crippen LogP contribution in [0.15, 0.2) is 48.5 Å². The number of para-hydroxylation sites is 1. The molecule has 1 saturated heterocycles. The molecule has 1 fully saturated rings. The van der Waals surface area contributed by atoms with Crippen molar-refractivity contribution in [2.45, 2.75) is 19.9 Å². The molecule has 1 unspecified atom stereocenters. The van der Waals surface area contributed by atoms with Gasteiger partial charge in [-0.3, -0.25) is 9.59 Å². The normalized spacial score (nSPS) is 18.0. The van der Waals surface area contributed by atoms with Crippen LogP contribution in [0.25, 0.3) is 0 Å². The minimum atomic E-state index is -0.525. The third-order valence-corrected chi connectivity index (χ3v) is 4.64. The first kappa shape index (κ1) is 16.5. The van der Waals surface area contributed by atoms with Crippen molar-refractivity contribution in [3.8, 4) is 0 Å². The summed E-state index contributed by atoms with van der Waals surface area (Å²) in [5.74, 6) is -0.228. The lowest BCUT2D eigenvalue weighted by Crippen LogP contribution is -2.57. The van der Waals surface area contributed by atoms with Gasteiger partial charge in [-0.25, -0.2) is 0 Å². The lowest BCUT2D eigenvalue weighted by molar-refractivity contribution is -0.124. The topological polar surface area (TPSA) is 40.6 Å². The Morgan fingerprint density at radius 3 is 2.58 bits per heavy atom. The summed E-state index contributed by atoms with van der Waals surface area (Å²) in [4.78, 5) is 28.8. The van der Waals surface area contributed by atoms with Crippen LogP contribution >= 0.6 is 11.6 Å². The second kappa shape index (κ2) is 6.65. The third kappa shape index (κ3) is 3.02. The van der Waals surface area contributed by atoms with Crippen LogP contribution in [0.4, 0.5) is 5.69 Å². The molecule has 1 heterocycles. The van der Waals surface area contributed by atoms with Crippen molar-refractivity contribution < 1.29 is 9.59 Å². The number of rotatable bonds is 2. The highest BCUT2D eigenvalue weighted by Crippen LogP contribution is 2.28. The Kier molecular flexibility index (Phi) is 4.58. The molecule has 1 atom stereocenters. The maximum Gasteiger partial charge on any atom is 0.254 e. The smallest absolute Gasteiger partial charge is 0.254 e. The van der Waals surface area contributed by atoms with E-state index in [0.717, 1.165) is 5.56 Å². The molecule has 1 aliphatic heterocycles. The number of carbonyl (C=O) groups excluding carboxylic acids is 2. The van der Waals surface area contributed by atoms with Crippen molar-refractivity contribution in [1.82, 2.24) is 4.90 Å². The second-order valence-corrected chi connectivity index (χ2v) is 6.39. The highest BCUT2D eigenvalue weighted by atomic mass is 35.5. The molecule has 0 aromatic heterocycles. The van der Waals surface area contributed by atoms with Gasteiger partial charge in [0.15, 0.2) is 0 Å². The van der Waals surface area contributed by atoms with Gasteiger partial charge in [0, 0.05) is 18.7 Å². The Hall–Kier alpha value is -2.33. The van der Waals surface area contributed by atoms with Crippen molar-refractivity contribution in [3.63, 3.8) is 0 Å². The lowest BCUT2D eigenvalue weighted by atomic mass is 10.1. The van der Waals surface area contributed by atoms with Crippen LogP contribution in [0.2, 0.25) is 5.02 Å². The number of carbonyl (C=O) groups is 2. The van der Waals surface area contributed by atoms with E-state index in [4.69, 9.17) is 11.6 Å². The van der Waals surface area contributed by atoms with Crippen LogP contribution in [0.3, 0.4) is 0 Å². The molecule has 0 aliphatic carbocycles. The van der Waals surface area contributed by atoms with Crippen LogP contribution in [-0.4, -0.2) is 35.8 Å². The van der Waals surface area contributed by atoms with Crippen molar-refractivity contribution >= 4 is 29.1 Å². The summed E-state index contributed by atoms with van der Waals surface area (Å²) in [5.41, 5.74) is 2.33. The summed E-state index contributed by atoms with van der Waals surface area (Å²) < 4.78 is 0. The van der Waals surface area contributed by atoms with Crippen molar-refractivity contribution in [3.05, 3.63) is 64.7 Å². The molecule has 2 aromatic carbocycles. The fourth-order valence-corrected chi connectivity index (χ4v) is 3.24. The predicted octanol–water partition coefficient (Wildman–Crippen LogP) is 3.53. The zero-order valence-electron chi connectivity index (χ0n) is 13.7. The number of halogens is 1. The molecule has 4 nitrogen and oxygen atoms in total. The van der Waals surface area contributed by atoms with Crippen molar-refractivity contribution in [2.24, 2.45) is 0 Å². The molecule has 2 aromatic rings. The average molecular weight is 343 g/mol. The van der Waals surface area contributed by atoms with Crippen LogP contribution < -0.4 is 4.90 Å². The molecule has 0 radical (unpaired) electrons. The molecular formula is C19H19ClN2O2. The van der Waals surface area contributed by atoms with E-state index in [1.54, 1.807) is 28.9 Å². The van der Waals surface area contributed by atoms with Crippen molar-refractivity contribution in [1.29, 1.82) is 0 Å². The van der Waals surface area contributed by atoms with Crippen molar-refractivity contribution in [2.75, 3.05) is 18.0 Å². The van der Waals surface area contributed by atoms with Crippen LogP contribution in [0.1, 0.15) is 22.8 Å². The Morgan fingerprint density at radius 2 is 1.88 bits per heavy atom. The van der Waals surface area contributed by atoms with E-state index < -0.39 is 6.04 Å². The summed E-state index contributed by atoms with van der Waals surface area (Å²) >= 11 is 6.21. The monoisotopic (exact) mass is 342 g/mol. The minimum absolute atomic E-state index is 0.113. The molecule has 0 bridgehead atoms. The molecule has 1 aliphatic rings. The number of nitrogens with zero attached hydrogens (tertiary/aromatic N) is 2. The number of hydrogen-bond acceptors (Lipinski definition) is 2. The molecular weight excluding hydrogens is 324 g/mol. The van der Waals surface area contributed by atoms with E-state index >= 15 is 0 Å². The molecule has 0 saturated carbocycles. The van der Waals surface area contributed by atoms with Gasteiger partial charge < -0.3 is 9.80 Å². The summed E-state index contributed by atoms with van der Waals surface area (Å²) in [5, 5.41) is 0.538. The van der Waals surface area contributed by atoms with Gasteiger partial charge in [0.05, 0.1) is 10.7 Å². The Morgan fingerprint density at radius 1 is 1.12 bits per heavy atom.